The summed E-state index contributed by atoms with van der Waals surface area (Å²) < 4.78 is 5.43. The number of hydrogen-bond donors (Lipinski definition) is 2. The van der Waals surface area contributed by atoms with Crippen molar-refractivity contribution in [3.05, 3.63) is 0 Å². The molecule has 17 heavy (non-hydrogen) atoms. The highest BCUT2D eigenvalue weighted by atomic mass is 16.5. The fourth-order valence-corrected chi connectivity index (χ4v) is 2.21. The largest absolute Gasteiger partial charge is 0.381 e. The second kappa shape index (κ2) is 5.23. The highest BCUT2D eigenvalue weighted by Gasteiger charge is 2.34. The van der Waals surface area contributed by atoms with Crippen molar-refractivity contribution in [3.63, 3.8) is 0 Å². The summed E-state index contributed by atoms with van der Waals surface area (Å²) in [4.78, 5) is 6.77. The molecular weight excluding hydrogens is 216 g/mol. The first-order chi connectivity index (χ1) is 8.12. The molecule has 0 radical (unpaired) electrons. The predicted molar refractivity (Wildman–Crippen MR) is 69.1 cm³/mol. The maximum absolute atomic E-state index is 5.88. The lowest BCUT2D eigenvalue weighted by Crippen LogP contribution is -2.51. The molecule has 1 aliphatic heterocycles. The standard InChI is InChI=1S/C12H24N4O/c1-16(2)12(5-7-17-8-6-12)9-14-11(13)15-10-3-4-10/h10H,3-9H2,1-2H3,(H3,13,14,15). The Bertz CT molecular complexity index is 280. The van der Waals surface area contributed by atoms with E-state index < -0.39 is 0 Å². The van der Waals surface area contributed by atoms with E-state index in [0.29, 0.717) is 12.0 Å². The number of ether oxygens (including phenoxy) is 1. The summed E-state index contributed by atoms with van der Waals surface area (Å²) in [5, 5.41) is 3.23. The van der Waals surface area contributed by atoms with Gasteiger partial charge < -0.3 is 20.7 Å². The molecule has 5 nitrogen and oxygen atoms in total. The Labute approximate surface area is 103 Å². The Hall–Kier alpha value is -0.810. The molecule has 0 aromatic carbocycles. The molecule has 0 aromatic rings. The lowest BCUT2D eigenvalue weighted by molar-refractivity contribution is -0.00252. The van der Waals surface area contributed by atoms with Crippen LogP contribution in [0.3, 0.4) is 0 Å². The van der Waals surface area contributed by atoms with Crippen LogP contribution in [-0.4, -0.2) is 56.3 Å². The molecule has 3 N–H and O–H groups in total. The second-order valence-corrected chi connectivity index (χ2v) is 5.35. The van der Waals surface area contributed by atoms with E-state index in [1.165, 1.54) is 12.8 Å². The number of aliphatic imine (C=N–C) groups is 1. The summed E-state index contributed by atoms with van der Waals surface area (Å²) in [5.41, 5.74) is 6.00. The van der Waals surface area contributed by atoms with E-state index in [-0.39, 0.29) is 5.54 Å². The molecule has 0 spiro atoms. The summed E-state index contributed by atoms with van der Waals surface area (Å²) in [5.74, 6) is 0.597. The zero-order valence-corrected chi connectivity index (χ0v) is 10.9. The molecule has 0 bridgehead atoms. The fraction of sp³-hybridized carbons (Fsp3) is 0.917. The number of rotatable bonds is 4. The van der Waals surface area contributed by atoms with E-state index in [9.17, 15) is 0 Å². The van der Waals surface area contributed by atoms with Crippen LogP contribution in [0.25, 0.3) is 0 Å². The van der Waals surface area contributed by atoms with Gasteiger partial charge in [0.1, 0.15) is 0 Å². The molecule has 98 valence electrons. The first kappa shape index (κ1) is 12.6. The van der Waals surface area contributed by atoms with E-state index in [2.05, 4.69) is 29.3 Å². The van der Waals surface area contributed by atoms with E-state index in [4.69, 9.17) is 10.5 Å². The molecular formula is C12H24N4O. The smallest absolute Gasteiger partial charge is 0.188 e. The first-order valence-corrected chi connectivity index (χ1v) is 6.44. The van der Waals surface area contributed by atoms with Gasteiger partial charge in [0.25, 0.3) is 0 Å². The van der Waals surface area contributed by atoms with Gasteiger partial charge in [0.05, 0.1) is 6.54 Å². The zero-order chi connectivity index (χ0) is 12.3. The summed E-state index contributed by atoms with van der Waals surface area (Å²) in [6.45, 7) is 2.40. The molecule has 0 unspecified atom stereocenters. The van der Waals surface area contributed by atoms with Crippen LogP contribution in [-0.2, 0) is 4.74 Å². The van der Waals surface area contributed by atoms with Crippen LogP contribution in [0.1, 0.15) is 25.7 Å². The van der Waals surface area contributed by atoms with Gasteiger partial charge in [0, 0.05) is 24.8 Å². The third kappa shape index (κ3) is 3.33. The Morgan fingerprint density at radius 2 is 2.06 bits per heavy atom. The Balaban J connectivity index is 1.91. The van der Waals surface area contributed by atoms with Gasteiger partial charge >= 0.3 is 0 Å². The monoisotopic (exact) mass is 240 g/mol. The SMILES string of the molecule is CN(C)C1(CN=C(N)NC2CC2)CCOCC1. The summed E-state index contributed by atoms with van der Waals surface area (Å²) in [7, 11) is 4.23. The Morgan fingerprint density at radius 3 is 2.59 bits per heavy atom. The van der Waals surface area contributed by atoms with E-state index in [0.717, 1.165) is 32.6 Å². The quantitative estimate of drug-likeness (QED) is 0.543. The average molecular weight is 240 g/mol. The number of likely N-dealkylation sites (N-methyl/N-ethyl adjacent to an activating group) is 1. The van der Waals surface area contributed by atoms with Crippen LogP contribution in [0.2, 0.25) is 0 Å². The molecule has 0 aromatic heterocycles. The van der Waals surface area contributed by atoms with Crippen molar-refractivity contribution in [2.75, 3.05) is 33.9 Å². The fourth-order valence-electron chi connectivity index (χ4n) is 2.21. The van der Waals surface area contributed by atoms with E-state index in [1.54, 1.807) is 0 Å². The number of nitrogens with two attached hydrogens (primary N) is 1. The van der Waals surface area contributed by atoms with Crippen LogP contribution in [0.5, 0.6) is 0 Å². The molecule has 1 heterocycles. The van der Waals surface area contributed by atoms with Gasteiger partial charge in [-0.2, -0.15) is 0 Å². The van der Waals surface area contributed by atoms with Crippen LogP contribution in [0.4, 0.5) is 0 Å². The molecule has 0 amide bonds. The normalized spacial score (nSPS) is 25.0. The third-order valence-corrected chi connectivity index (χ3v) is 3.85. The highest BCUT2D eigenvalue weighted by molar-refractivity contribution is 5.78. The maximum atomic E-state index is 5.88. The van der Waals surface area contributed by atoms with Crippen LogP contribution in [0.15, 0.2) is 4.99 Å². The molecule has 5 heteroatoms. The van der Waals surface area contributed by atoms with Crippen LogP contribution in [0, 0.1) is 0 Å². The summed E-state index contributed by atoms with van der Waals surface area (Å²) in [6, 6.07) is 0.573. The molecule has 1 saturated carbocycles. The molecule has 1 saturated heterocycles. The van der Waals surface area contributed by atoms with Crippen molar-refractivity contribution in [1.82, 2.24) is 10.2 Å². The van der Waals surface area contributed by atoms with Gasteiger partial charge in [-0.1, -0.05) is 0 Å². The minimum atomic E-state index is 0.119. The molecule has 1 aliphatic carbocycles. The lowest BCUT2D eigenvalue weighted by atomic mass is 9.89. The Morgan fingerprint density at radius 1 is 1.41 bits per heavy atom. The molecule has 0 atom stereocenters. The van der Waals surface area contributed by atoms with E-state index in [1.807, 2.05) is 0 Å². The third-order valence-electron chi connectivity index (χ3n) is 3.85. The number of nitrogens with one attached hydrogen (secondary N) is 1. The van der Waals surface area contributed by atoms with Crippen molar-refractivity contribution in [1.29, 1.82) is 0 Å². The van der Waals surface area contributed by atoms with Gasteiger partial charge in [0.2, 0.25) is 0 Å². The maximum Gasteiger partial charge on any atom is 0.188 e. The molecule has 2 rings (SSSR count). The first-order valence-electron chi connectivity index (χ1n) is 6.44. The van der Waals surface area contributed by atoms with Crippen molar-refractivity contribution in [3.8, 4) is 0 Å². The minimum Gasteiger partial charge on any atom is -0.381 e. The van der Waals surface area contributed by atoms with Crippen LogP contribution < -0.4 is 11.1 Å². The van der Waals surface area contributed by atoms with E-state index >= 15 is 0 Å². The number of nitrogens with zero attached hydrogens (tertiary/aromatic N) is 2. The highest BCUT2D eigenvalue weighted by Crippen LogP contribution is 2.26. The minimum absolute atomic E-state index is 0.119. The van der Waals surface area contributed by atoms with Gasteiger partial charge in [-0.25, -0.2) is 0 Å². The number of guanidine groups is 1. The summed E-state index contributed by atoms with van der Waals surface area (Å²) in [6.07, 6.45) is 4.51. The van der Waals surface area contributed by atoms with Crippen molar-refractivity contribution in [2.45, 2.75) is 37.3 Å². The van der Waals surface area contributed by atoms with Gasteiger partial charge in [-0.3, -0.25) is 4.99 Å². The van der Waals surface area contributed by atoms with Gasteiger partial charge in [0.15, 0.2) is 5.96 Å². The van der Waals surface area contributed by atoms with Crippen molar-refractivity contribution < 1.29 is 4.74 Å². The molecule has 2 fully saturated rings. The Kier molecular flexibility index (Phi) is 3.89. The van der Waals surface area contributed by atoms with Crippen LogP contribution >= 0.6 is 0 Å². The second-order valence-electron chi connectivity index (χ2n) is 5.35. The van der Waals surface area contributed by atoms with Gasteiger partial charge in [-0.05, 0) is 39.8 Å². The topological polar surface area (TPSA) is 62.9 Å². The van der Waals surface area contributed by atoms with Gasteiger partial charge in [-0.15, -0.1) is 0 Å². The summed E-state index contributed by atoms with van der Waals surface area (Å²) >= 11 is 0. The zero-order valence-electron chi connectivity index (χ0n) is 10.9. The van der Waals surface area contributed by atoms with Crippen molar-refractivity contribution in [2.24, 2.45) is 10.7 Å². The van der Waals surface area contributed by atoms with Crippen molar-refractivity contribution >= 4 is 5.96 Å². The molecule has 2 aliphatic rings. The number of hydrogen-bond acceptors (Lipinski definition) is 3. The predicted octanol–water partition coefficient (Wildman–Crippen LogP) is 0.164. The lowest BCUT2D eigenvalue weighted by Gasteiger charge is -2.41. The average Bonchev–Trinajstić information content (AvgIpc) is 3.11.